The lowest BCUT2D eigenvalue weighted by Gasteiger charge is -2.21. The molecule has 3 N–H and O–H groups in total. The van der Waals surface area contributed by atoms with Crippen molar-refractivity contribution in [1.82, 2.24) is 16.0 Å². The second kappa shape index (κ2) is 14.2. The molecule has 0 aliphatic rings. The van der Waals surface area contributed by atoms with Crippen molar-refractivity contribution in [3.05, 3.63) is 108 Å². The van der Waals surface area contributed by atoms with Gasteiger partial charge in [0, 0.05) is 6.42 Å². The Morgan fingerprint density at radius 2 is 1.18 bits per heavy atom. The first-order valence-electron chi connectivity index (χ1n) is 12.4. The number of ketones is 1. The molecule has 3 rings (SSSR count). The summed E-state index contributed by atoms with van der Waals surface area (Å²) in [6.07, 6.45) is 1.09. The van der Waals surface area contributed by atoms with Gasteiger partial charge in [-0.2, -0.15) is 0 Å². The lowest BCUT2D eigenvalue weighted by atomic mass is 10.0. The van der Waals surface area contributed by atoms with Gasteiger partial charge in [-0.1, -0.05) is 91.0 Å². The Hall–Kier alpha value is -4.59. The zero-order chi connectivity index (χ0) is 27.3. The van der Waals surface area contributed by atoms with E-state index in [4.69, 9.17) is 0 Å². The second-order valence-corrected chi connectivity index (χ2v) is 8.97. The fourth-order valence-electron chi connectivity index (χ4n) is 3.90. The Bertz CT molecular complexity index is 1230. The van der Waals surface area contributed by atoms with Crippen LogP contribution in [0, 0.1) is 0 Å². The first-order valence-corrected chi connectivity index (χ1v) is 12.4. The Kier molecular flexibility index (Phi) is 10.5. The van der Waals surface area contributed by atoms with Crippen LogP contribution in [-0.2, 0) is 43.2 Å². The molecule has 196 valence electrons. The fraction of sp³-hybridized carbons (Fsp3) is 0.233. The number of carbonyl (C=O) groups excluding carboxylic acids is 5. The molecule has 0 aliphatic carbocycles. The van der Waals surface area contributed by atoms with Crippen LogP contribution in [0.3, 0.4) is 0 Å². The van der Waals surface area contributed by atoms with Crippen molar-refractivity contribution in [2.45, 2.75) is 44.3 Å². The molecule has 0 saturated heterocycles. The topological polar surface area (TPSA) is 121 Å². The minimum Gasteiger partial charge on any atom is -0.344 e. The molecule has 0 saturated carbocycles. The Morgan fingerprint density at radius 1 is 0.684 bits per heavy atom. The van der Waals surface area contributed by atoms with Crippen LogP contribution in [0.5, 0.6) is 0 Å². The monoisotopic (exact) mass is 513 g/mol. The lowest BCUT2D eigenvalue weighted by Crippen LogP contribution is -2.54. The van der Waals surface area contributed by atoms with Crippen LogP contribution in [0.15, 0.2) is 91.0 Å². The van der Waals surface area contributed by atoms with Gasteiger partial charge >= 0.3 is 0 Å². The maximum atomic E-state index is 13.1. The van der Waals surface area contributed by atoms with Crippen LogP contribution < -0.4 is 16.0 Å². The highest BCUT2D eigenvalue weighted by Gasteiger charge is 2.28. The largest absolute Gasteiger partial charge is 0.344 e. The smallest absolute Gasteiger partial charge is 0.290 e. The summed E-state index contributed by atoms with van der Waals surface area (Å²) in [6.45, 7) is 1.39. The predicted molar refractivity (Wildman–Crippen MR) is 143 cm³/mol. The Balaban J connectivity index is 1.62. The Labute approximate surface area is 221 Å². The molecule has 3 amide bonds. The van der Waals surface area contributed by atoms with Crippen LogP contribution in [-0.4, -0.2) is 47.9 Å². The molecule has 8 heteroatoms. The first kappa shape index (κ1) is 28.0. The van der Waals surface area contributed by atoms with Gasteiger partial charge in [-0.3, -0.25) is 19.2 Å². The van der Waals surface area contributed by atoms with Crippen molar-refractivity contribution < 1.29 is 24.0 Å². The normalized spacial score (nSPS) is 12.9. The summed E-state index contributed by atoms with van der Waals surface area (Å²) in [7, 11) is 0. The van der Waals surface area contributed by atoms with Crippen LogP contribution in [0.1, 0.15) is 23.6 Å². The highest BCUT2D eigenvalue weighted by atomic mass is 16.2. The number of Topliss-reactive ketones (excluding diaryl/α,β-unsaturated/α-hetero) is 1. The summed E-state index contributed by atoms with van der Waals surface area (Å²) >= 11 is 0. The second-order valence-electron chi connectivity index (χ2n) is 8.97. The molecule has 1 unspecified atom stereocenters. The molecule has 0 bridgehead atoms. The number of amides is 3. The molecule has 3 aromatic rings. The molecular formula is C30H31N3O5. The highest BCUT2D eigenvalue weighted by molar-refractivity contribution is 6.38. The third kappa shape index (κ3) is 8.81. The van der Waals surface area contributed by atoms with Crippen molar-refractivity contribution in [1.29, 1.82) is 0 Å². The SMILES string of the molecule is CC(NC(=O)[C@H](Cc1ccccc1)NC(=O)Cc1ccccc1)C(=O)C(=O)N[C@H](C=O)Cc1ccccc1. The van der Waals surface area contributed by atoms with E-state index in [1.807, 2.05) is 91.0 Å². The van der Waals surface area contributed by atoms with Crippen molar-refractivity contribution in [3.8, 4) is 0 Å². The summed E-state index contributed by atoms with van der Waals surface area (Å²) in [4.78, 5) is 62.5. The average Bonchev–Trinajstić information content (AvgIpc) is 2.93. The van der Waals surface area contributed by atoms with Crippen LogP contribution in [0.4, 0.5) is 0 Å². The third-order valence-corrected chi connectivity index (χ3v) is 5.90. The number of benzene rings is 3. The van der Waals surface area contributed by atoms with Crippen molar-refractivity contribution in [2.75, 3.05) is 0 Å². The van der Waals surface area contributed by atoms with E-state index in [2.05, 4.69) is 16.0 Å². The van der Waals surface area contributed by atoms with Gasteiger partial charge < -0.3 is 20.7 Å². The molecule has 0 spiro atoms. The molecule has 0 aliphatic heterocycles. The lowest BCUT2D eigenvalue weighted by molar-refractivity contribution is -0.140. The molecule has 3 atom stereocenters. The molecular weight excluding hydrogens is 482 g/mol. The number of aldehydes is 1. The Morgan fingerprint density at radius 3 is 1.71 bits per heavy atom. The zero-order valence-electron chi connectivity index (χ0n) is 21.1. The summed E-state index contributed by atoms with van der Waals surface area (Å²) in [6, 6.07) is 24.3. The minimum atomic E-state index is -1.17. The predicted octanol–water partition coefficient (Wildman–Crippen LogP) is 1.96. The quantitative estimate of drug-likeness (QED) is 0.238. The number of carbonyl (C=O) groups is 5. The van der Waals surface area contributed by atoms with E-state index in [1.165, 1.54) is 6.92 Å². The van der Waals surface area contributed by atoms with Gasteiger partial charge in [0.1, 0.15) is 12.3 Å². The van der Waals surface area contributed by atoms with Crippen molar-refractivity contribution in [3.63, 3.8) is 0 Å². The van der Waals surface area contributed by atoms with Gasteiger partial charge in [-0.25, -0.2) is 0 Å². The van der Waals surface area contributed by atoms with Crippen LogP contribution in [0.25, 0.3) is 0 Å². The number of hydrogen-bond acceptors (Lipinski definition) is 5. The standard InChI is InChI=1S/C30H31N3O5/c1-21(28(36)30(38)32-25(20-34)17-22-11-5-2-6-12-22)31-29(37)26(18-23-13-7-3-8-14-23)33-27(35)19-24-15-9-4-10-16-24/h2-16,20-21,25-26H,17-19H2,1H3,(H,31,37)(H,32,38)(H,33,35)/t21?,25-,26-/m0/s1. The maximum absolute atomic E-state index is 13.1. The van der Waals surface area contributed by atoms with E-state index in [1.54, 1.807) is 0 Å². The molecule has 8 nitrogen and oxygen atoms in total. The molecule has 0 heterocycles. The zero-order valence-corrected chi connectivity index (χ0v) is 21.1. The van der Waals surface area contributed by atoms with Gasteiger partial charge in [0.25, 0.3) is 5.91 Å². The first-order chi connectivity index (χ1) is 18.4. The van der Waals surface area contributed by atoms with Gasteiger partial charge in [-0.05, 0) is 30.0 Å². The molecule has 0 fully saturated rings. The third-order valence-electron chi connectivity index (χ3n) is 5.90. The minimum absolute atomic E-state index is 0.0881. The van der Waals surface area contributed by atoms with Gasteiger partial charge in [-0.15, -0.1) is 0 Å². The van der Waals surface area contributed by atoms with E-state index >= 15 is 0 Å². The average molecular weight is 514 g/mol. The summed E-state index contributed by atoms with van der Waals surface area (Å²) in [5.74, 6) is -2.82. The van der Waals surface area contributed by atoms with E-state index in [-0.39, 0.29) is 25.2 Å². The number of nitrogens with one attached hydrogen (secondary N) is 3. The molecule has 0 radical (unpaired) electrons. The molecule has 3 aromatic carbocycles. The van der Waals surface area contributed by atoms with E-state index in [0.717, 1.165) is 16.7 Å². The van der Waals surface area contributed by atoms with Gasteiger partial charge in [0.05, 0.1) is 18.5 Å². The van der Waals surface area contributed by atoms with E-state index < -0.39 is 35.7 Å². The van der Waals surface area contributed by atoms with Crippen LogP contribution >= 0.6 is 0 Å². The fourth-order valence-corrected chi connectivity index (χ4v) is 3.90. The summed E-state index contributed by atoms with van der Waals surface area (Å²) in [5, 5.41) is 7.71. The van der Waals surface area contributed by atoms with Crippen molar-refractivity contribution >= 4 is 29.8 Å². The summed E-state index contributed by atoms with van der Waals surface area (Å²) in [5.41, 5.74) is 2.44. The number of rotatable bonds is 13. The van der Waals surface area contributed by atoms with Crippen LogP contribution in [0.2, 0.25) is 0 Å². The van der Waals surface area contributed by atoms with E-state index in [9.17, 15) is 24.0 Å². The number of hydrogen-bond donors (Lipinski definition) is 3. The summed E-state index contributed by atoms with van der Waals surface area (Å²) < 4.78 is 0. The van der Waals surface area contributed by atoms with Gasteiger partial charge in [0.15, 0.2) is 0 Å². The van der Waals surface area contributed by atoms with Gasteiger partial charge in [0.2, 0.25) is 17.6 Å². The molecule has 38 heavy (non-hydrogen) atoms. The van der Waals surface area contributed by atoms with E-state index in [0.29, 0.717) is 6.29 Å². The highest BCUT2D eigenvalue weighted by Crippen LogP contribution is 2.06. The maximum Gasteiger partial charge on any atom is 0.290 e. The van der Waals surface area contributed by atoms with Crippen molar-refractivity contribution in [2.24, 2.45) is 0 Å². The molecule has 0 aromatic heterocycles.